The number of amides is 1. The summed E-state index contributed by atoms with van der Waals surface area (Å²) in [6.07, 6.45) is 1.15. The van der Waals surface area contributed by atoms with E-state index in [0.29, 0.717) is 18.7 Å². The third-order valence-electron chi connectivity index (χ3n) is 3.10. The van der Waals surface area contributed by atoms with E-state index in [1.807, 2.05) is 33.8 Å². The van der Waals surface area contributed by atoms with Crippen LogP contribution in [0, 0.1) is 5.82 Å². The summed E-state index contributed by atoms with van der Waals surface area (Å²) in [6.45, 7) is 8.72. The van der Waals surface area contributed by atoms with Crippen LogP contribution < -0.4 is 10.6 Å². The highest BCUT2D eigenvalue weighted by Crippen LogP contribution is 2.19. The standard InChI is InChI=1S/C17H27FN2O2/c1-5-15(13-9-6-7-10-14(13)18)19-11-8-12-20-16(21)22-17(2,3)4/h6-7,9-10,15,19H,5,8,11-12H2,1-4H3,(H,20,21). The SMILES string of the molecule is CCC(NCCCNC(=O)OC(C)(C)C)c1ccccc1F. The molecule has 0 bridgehead atoms. The molecule has 0 spiro atoms. The van der Waals surface area contributed by atoms with Gasteiger partial charge in [-0.3, -0.25) is 0 Å². The molecule has 1 amide bonds. The van der Waals surface area contributed by atoms with Crippen molar-refractivity contribution in [3.8, 4) is 0 Å². The van der Waals surface area contributed by atoms with Gasteiger partial charge in [0, 0.05) is 18.2 Å². The largest absolute Gasteiger partial charge is 0.444 e. The highest BCUT2D eigenvalue weighted by atomic mass is 19.1. The van der Waals surface area contributed by atoms with Crippen molar-refractivity contribution in [3.05, 3.63) is 35.6 Å². The van der Waals surface area contributed by atoms with Crippen LogP contribution in [0.5, 0.6) is 0 Å². The van der Waals surface area contributed by atoms with Gasteiger partial charge in [-0.05, 0) is 46.2 Å². The van der Waals surface area contributed by atoms with Crippen molar-refractivity contribution in [3.63, 3.8) is 0 Å². The molecule has 0 aromatic heterocycles. The lowest BCUT2D eigenvalue weighted by molar-refractivity contribution is 0.0527. The van der Waals surface area contributed by atoms with Crippen LogP contribution >= 0.6 is 0 Å². The fourth-order valence-electron chi connectivity index (χ4n) is 2.10. The molecule has 0 saturated carbocycles. The number of rotatable bonds is 7. The Balaban J connectivity index is 2.29. The second-order valence-corrected chi connectivity index (χ2v) is 6.22. The van der Waals surface area contributed by atoms with Crippen LogP contribution in [0.4, 0.5) is 9.18 Å². The third kappa shape index (κ3) is 6.89. The first-order valence-corrected chi connectivity index (χ1v) is 7.78. The Hall–Kier alpha value is -1.62. The van der Waals surface area contributed by atoms with E-state index in [-0.39, 0.29) is 11.9 Å². The lowest BCUT2D eigenvalue weighted by atomic mass is 10.0. The summed E-state index contributed by atoms with van der Waals surface area (Å²) in [5, 5.41) is 6.02. The lowest BCUT2D eigenvalue weighted by Gasteiger charge is -2.20. The molecule has 0 aliphatic rings. The van der Waals surface area contributed by atoms with E-state index in [1.54, 1.807) is 12.1 Å². The number of ether oxygens (including phenoxy) is 1. The number of hydrogen-bond acceptors (Lipinski definition) is 3. The van der Waals surface area contributed by atoms with Gasteiger partial charge in [0.05, 0.1) is 0 Å². The highest BCUT2D eigenvalue weighted by molar-refractivity contribution is 5.67. The van der Waals surface area contributed by atoms with Crippen LogP contribution in [0.15, 0.2) is 24.3 Å². The van der Waals surface area contributed by atoms with Crippen molar-refractivity contribution in [2.24, 2.45) is 0 Å². The fourth-order valence-corrected chi connectivity index (χ4v) is 2.10. The molecule has 1 rings (SSSR count). The summed E-state index contributed by atoms with van der Waals surface area (Å²) in [5.74, 6) is -0.186. The minimum atomic E-state index is -0.486. The highest BCUT2D eigenvalue weighted by Gasteiger charge is 2.15. The summed E-state index contributed by atoms with van der Waals surface area (Å²) in [6, 6.07) is 6.80. The Morgan fingerprint density at radius 2 is 1.95 bits per heavy atom. The van der Waals surface area contributed by atoms with Gasteiger partial charge in [0.1, 0.15) is 11.4 Å². The number of carbonyl (C=O) groups is 1. The minimum Gasteiger partial charge on any atom is -0.444 e. The average Bonchev–Trinajstić information content (AvgIpc) is 2.42. The smallest absolute Gasteiger partial charge is 0.407 e. The zero-order chi connectivity index (χ0) is 16.6. The first-order valence-electron chi connectivity index (χ1n) is 7.78. The molecule has 0 saturated heterocycles. The Morgan fingerprint density at radius 3 is 2.55 bits per heavy atom. The van der Waals surface area contributed by atoms with Crippen LogP contribution in [0.2, 0.25) is 0 Å². The molecule has 0 aliphatic heterocycles. The maximum atomic E-state index is 13.8. The monoisotopic (exact) mass is 310 g/mol. The molecule has 4 nitrogen and oxygen atoms in total. The quantitative estimate of drug-likeness (QED) is 0.754. The molecule has 0 radical (unpaired) electrons. The maximum absolute atomic E-state index is 13.8. The molecule has 1 aromatic rings. The minimum absolute atomic E-state index is 0.0114. The number of alkyl carbamates (subject to hydrolysis) is 1. The number of hydrogen-bond donors (Lipinski definition) is 2. The van der Waals surface area contributed by atoms with Gasteiger partial charge in [0.2, 0.25) is 0 Å². The van der Waals surface area contributed by atoms with Crippen LogP contribution in [0.1, 0.15) is 52.1 Å². The summed E-state index contributed by atoms with van der Waals surface area (Å²) >= 11 is 0. The molecule has 2 N–H and O–H groups in total. The van der Waals surface area contributed by atoms with Gasteiger partial charge in [0.25, 0.3) is 0 Å². The molecular formula is C17H27FN2O2. The Morgan fingerprint density at radius 1 is 1.27 bits per heavy atom. The van der Waals surface area contributed by atoms with E-state index in [2.05, 4.69) is 10.6 Å². The molecule has 1 atom stereocenters. The molecule has 0 heterocycles. The maximum Gasteiger partial charge on any atom is 0.407 e. The van der Waals surface area contributed by atoms with Crippen molar-refractivity contribution in [1.82, 2.24) is 10.6 Å². The molecule has 5 heteroatoms. The number of carbonyl (C=O) groups excluding carboxylic acids is 1. The fraction of sp³-hybridized carbons (Fsp3) is 0.588. The topological polar surface area (TPSA) is 50.4 Å². The van der Waals surface area contributed by atoms with Crippen molar-refractivity contribution >= 4 is 6.09 Å². The predicted molar refractivity (Wildman–Crippen MR) is 86.3 cm³/mol. The second-order valence-electron chi connectivity index (χ2n) is 6.22. The molecule has 1 aromatic carbocycles. The van der Waals surface area contributed by atoms with Gasteiger partial charge in [-0.15, -0.1) is 0 Å². The van der Waals surface area contributed by atoms with E-state index < -0.39 is 11.7 Å². The second kappa shape index (κ2) is 8.73. The van der Waals surface area contributed by atoms with Crippen LogP contribution in [-0.2, 0) is 4.74 Å². The van der Waals surface area contributed by atoms with Gasteiger partial charge >= 0.3 is 6.09 Å². The van der Waals surface area contributed by atoms with E-state index >= 15 is 0 Å². The van der Waals surface area contributed by atoms with Crippen molar-refractivity contribution in [1.29, 1.82) is 0 Å². The summed E-state index contributed by atoms with van der Waals surface area (Å²) in [4.78, 5) is 11.5. The Bertz CT molecular complexity index is 472. The first-order chi connectivity index (χ1) is 10.3. The van der Waals surface area contributed by atoms with Crippen LogP contribution in [0.3, 0.4) is 0 Å². The summed E-state index contributed by atoms with van der Waals surface area (Å²) in [5.41, 5.74) is 0.200. The molecule has 1 unspecified atom stereocenters. The van der Waals surface area contributed by atoms with Crippen molar-refractivity contribution in [2.75, 3.05) is 13.1 Å². The summed E-state index contributed by atoms with van der Waals surface area (Å²) in [7, 11) is 0. The molecular weight excluding hydrogens is 283 g/mol. The Kier molecular flexibility index (Phi) is 7.32. The van der Waals surface area contributed by atoms with E-state index in [1.165, 1.54) is 6.07 Å². The lowest BCUT2D eigenvalue weighted by Crippen LogP contribution is -2.34. The van der Waals surface area contributed by atoms with Crippen LogP contribution in [0.25, 0.3) is 0 Å². The Labute approximate surface area is 132 Å². The number of benzene rings is 1. The van der Waals surface area contributed by atoms with Gasteiger partial charge < -0.3 is 15.4 Å². The molecule has 0 fully saturated rings. The van der Waals surface area contributed by atoms with Gasteiger partial charge in [-0.2, -0.15) is 0 Å². The van der Waals surface area contributed by atoms with E-state index in [4.69, 9.17) is 4.74 Å². The molecule has 22 heavy (non-hydrogen) atoms. The predicted octanol–water partition coefficient (Wildman–Crippen LogP) is 3.78. The molecule has 0 aliphatic carbocycles. The van der Waals surface area contributed by atoms with Crippen molar-refractivity contribution in [2.45, 2.75) is 52.2 Å². The van der Waals surface area contributed by atoms with E-state index in [0.717, 1.165) is 12.8 Å². The van der Waals surface area contributed by atoms with E-state index in [9.17, 15) is 9.18 Å². The van der Waals surface area contributed by atoms with Gasteiger partial charge in [-0.25, -0.2) is 9.18 Å². The normalized spacial score (nSPS) is 12.8. The number of nitrogens with one attached hydrogen (secondary N) is 2. The molecule has 124 valence electrons. The average molecular weight is 310 g/mol. The zero-order valence-electron chi connectivity index (χ0n) is 13.9. The zero-order valence-corrected chi connectivity index (χ0v) is 13.9. The first kappa shape index (κ1) is 18.4. The van der Waals surface area contributed by atoms with Crippen molar-refractivity contribution < 1.29 is 13.9 Å². The third-order valence-corrected chi connectivity index (χ3v) is 3.10. The number of halogens is 1. The van der Waals surface area contributed by atoms with Gasteiger partial charge in [-0.1, -0.05) is 25.1 Å². The van der Waals surface area contributed by atoms with Crippen LogP contribution in [-0.4, -0.2) is 24.8 Å². The van der Waals surface area contributed by atoms with Gasteiger partial charge in [0.15, 0.2) is 0 Å². The summed E-state index contributed by atoms with van der Waals surface area (Å²) < 4.78 is 18.9.